The van der Waals surface area contributed by atoms with E-state index in [2.05, 4.69) is 10.5 Å². The van der Waals surface area contributed by atoms with Crippen molar-refractivity contribution in [3.8, 4) is 0 Å². The van der Waals surface area contributed by atoms with Gasteiger partial charge in [0, 0.05) is 12.0 Å². The first-order valence-electron chi connectivity index (χ1n) is 8.83. The number of hydrazone groups is 1. The van der Waals surface area contributed by atoms with Crippen LogP contribution in [0.25, 0.3) is 0 Å². The fourth-order valence-corrected chi connectivity index (χ4v) is 4.09. The first-order valence-corrected chi connectivity index (χ1v) is 9.24. The number of thiocarbonyl (C=S) groups is 1. The Balaban J connectivity index is 2.20. The lowest BCUT2D eigenvalue weighted by Gasteiger charge is -2.35. The van der Waals surface area contributed by atoms with E-state index in [1.807, 2.05) is 44.2 Å². The van der Waals surface area contributed by atoms with Crippen LogP contribution in [-0.4, -0.2) is 42.7 Å². The second kappa shape index (κ2) is 6.94. The van der Waals surface area contributed by atoms with Gasteiger partial charge in [0.25, 0.3) is 5.66 Å². The Morgan fingerprint density at radius 2 is 2.00 bits per heavy atom. The molecule has 0 amide bonds. The van der Waals surface area contributed by atoms with Crippen molar-refractivity contribution >= 4 is 28.8 Å². The van der Waals surface area contributed by atoms with E-state index in [1.54, 1.807) is 0 Å². The van der Waals surface area contributed by atoms with Crippen molar-refractivity contribution in [1.82, 2.24) is 10.5 Å². The maximum atomic E-state index is 13.6. The Labute approximate surface area is 158 Å². The lowest BCUT2D eigenvalue weighted by Crippen LogP contribution is -2.59. The van der Waals surface area contributed by atoms with Crippen LogP contribution in [0.5, 0.6) is 0 Å². The average molecular weight is 375 g/mol. The zero-order chi connectivity index (χ0) is 18.9. The third kappa shape index (κ3) is 2.87. The molecule has 1 atom stereocenters. The smallest absolute Gasteiger partial charge is 0.292 e. The molecule has 1 heterocycles. The topological polar surface area (TPSA) is 100.0 Å². The second-order valence-electron chi connectivity index (χ2n) is 7.29. The number of benzene rings is 1. The fourth-order valence-electron chi connectivity index (χ4n) is 4.05. The predicted molar refractivity (Wildman–Crippen MR) is 105 cm³/mol. The molecule has 0 bridgehead atoms. The summed E-state index contributed by atoms with van der Waals surface area (Å²) in [7, 11) is 0. The molecule has 1 aromatic carbocycles. The van der Waals surface area contributed by atoms with Gasteiger partial charge in [0.2, 0.25) is 5.71 Å². The number of nitrogens with zero attached hydrogens (tertiary/aromatic N) is 3. The van der Waals surface area contributed by atoms with E-state index in [9.17, 15) is 10.4 Å². The number of hydrogen-bond acceptors (Lipinski definition) is 5. The minimum Gasteiger partial charge on any atom is -0.622 e. The standard InChI is InChI=1S/C18H25N5O2S/c1-17(2)15(13-9-5-3-6-10-13)22(24)18(23(17)25)12-8-4-7-11-14(18)20-21-16(19)26/h3,5-6,9-10,25H,4,7-8,11-12H2,1-2H3,(H3,19,21,26)/b20-14-/t18-/m1/s1. The molecule has 140 valence electrons. The fraction of sp³-hybridized carbons (Fsp3) is 0.500. The molecule has 0 unspecified atom stereocenters. The van der Waals surface area contributed by atoms with E-state index in [0.717, 1.165) is 29.6 Å². The van der Waals surface area contributed by atoms with Crippen LogP contribution in [0.15, 0.2) is 35.4 Å². The molecule has 2 aliphatic rings. The van der Waals surface area contributed by atoms with E-state index in [1.165, 1.54) is 5.06 Å². The summed E-state index contributed by atoms with van der Waals surface area (Å²) in [6, 6.07) is 9.44. The second-order valence-corrected chi connectivity index (χ2v) is 7.73. The van der Waals surface area contributed by atoms with Crippen molar-refractivity contribution in [2.45, 2.75) is 57.2 Å². The Kier molecular flexibility index (Phi) is 5.01. The van der Waals surface area contributed by atoms with Gasteiger partial charge in [-0.15, -0.1) is 5.06 Å². The van der Waals surface area contributed by atoms with E-state index >= 15 is 0 Å². The number of hydrogen-bond donors (Lipinski definition) is 3. The van der Waals surface area contributed by atoms with Crippen LogP contribution in [0, 0.1) is 5.21 Å². The van der Waals surface area contributed by atoms with Gasteiger partial charge in [0.1, 0.15) is 11.3 Å². The van der Waals surface area contributed by atoms with Gasteiger partial charge in [-0.2, -0.15) is 9.84 Å². The predicted octanol–water partition coefficient (Wildman–Crippen LogP) is 2.32. The molecule has 1 aromatic rings. The van der Waals surface area contributed by atoms with Crippen LogP contribution in [-0.2, 0) is 0 Å². The lowest BCUT2D eigenvalue weighted by molar-refractivity contribution is -0.567. The SMILES string of the molecule is CC1(C)C(c2ccccc2)=[N+]([O-])[C@]2(CCCCC/C2=N/NC(N)=S)N1O. The third-order valence-electron chi connectivity index (χ3n) is 5.25. The van der Waals surface area contributed by atoms with Crippen molar-refractivity contribution in [2.24, 2.45) is 10.8 Å². The molecule has 0 radical (unpaired) electrons. The molecule has 1 aliphatic heterocycles. The summed E-state index contributed by atoms with van der Waals surface area (Å²) in [4.78, 5) is 0. The summed E-state index contributed by atoms with van der Waals surface area (Å²) < 4.78 is 0.938. The maximum absolute atomic E-state index is 13.6. The number of hydroxylamine groups is 3. The highest BCUT2D eigenvalue weighted by molar-refractivity contribution is 7.80. The molecule has 4 N–H and O–H groups in total. The Morgan fingerprint density at radius 1 is 1.31 bits per heavy atom. The van der Waals surface area contributed by atoms with Gasteiger partial charge in [-0.3, -0.25) is 5.43 Å². The van der Waals surface area contributed by atoms with Gasteiger partial charge in [-0.25, -0.2) is 0 Å². The summed E-state index contributed by atoms with van der Waals surface area (Å²) in [5, 5.41) is 30.3. The quantitative estimate of drug-likeness (QED) is 0.317. The maximum Gasteiger partial charge on any atom is 0.292 e. The molecule has 0 aromatic heterocycles. The van der Waals surface area contributed by atoms with E-state index in [-0.39, 0.29) is 5.11 Å². The zero-order valence-electron chi connectivity index (χ0n) is 15.1. The van der Waals surface area contributed by atoms with Crippen molar-refractivity contribution in [2.75, 3.05) is 0 Å². The molecule has 0 saturated heterocycles. The number of nitrogens with two attached hydrogens (primary N) is 1. The summed E-state index contributed by atoms with van der Waals surface area (Å²) in [6.45, 7) is 3.69. The van der Waals surface area contributed by atoms with Crippen molar-refractivity contribution in [3.63, 3.8) is 0 Å². The Bertz CT molecular complexity index is 762. The highest BCUT2D eigenvalue weighted by Gasteiger charge is 2.64. The average Bonchev–Trinajstić information content (AvgIpc) is 2.77. The minimum atomic E-state index is -1.26. The Morgan fingerprint density at radius 3 is 2.65 bits per heavy atom. The van der Waals surface area contributed by atoms with Crippen LogP contribution in [0.1, 0.15) is 51.5 Å². The highest BCUT2D eigenvalue weighted by atomic mass is 32.1. The highest BCUT2D eigenvalue weighted by Crippen LogP contribution is 2.41. The largest absolute Gasteiger partial charge is 0.622 e. The zero-order valence-corrected chi connectivity index (χ0v) is 15.9. The monoisotopic (exact) mass is 375 g/mol. The molecule has 1 spiro atoms. The van der Waals surface area contributed by atoms with Gasteiger partial charge in [0.15, 0.2) is 5.11 Å². The molecule has 26 heavy (non-hydrogen) atoms. The molecule has 1 saturated carbocycles. The summed E-state index contributed by atoms with van der Waals surface area (Å²) in [5.74, 6) is 0. The summed E-state index contributed by atoms with van der Waals surface area (Å²) in [6.07, 6.45) is 3.74. The lowest BCUT2D eigenvalue weighted by atomic mass is 9.91. The van der Waals surface area contributed by atoms with Crippen molar-refractivity contribution in [1.29, 1.82) is 0 Å². The van der Waals surface area contributed by atoms with Gasteiger partial charge < -0.3 is 16.1 Å². The van der Waals surface area contributed by atoms with Gasteiger partial charge >= 0.3 is 0 Å². The summed E-state index contributed by atoms with van der Waals surface area (Å²) in [5.41, 5.74) is 7.84. The van der Waals surface area contributed by atoms with Gasteiger partial charge in [-0.1, -0.05) is 24.6 Å². The van der Waals surface area contributed by atoms with E-state index in [4.69, 9.17) is 18.0 Å². The summed E-state index contributed by atoms with van der Waals surface area (Å²) >= 11 is 4.85. The Hall–Kier alpha value is -2.03. The van der Waals surface area contributed by atoms with Crippen LogP contribution in [0.2, 0.25) is 0 Å². The minimum absolute atomic E-state index is 0.0309. The van der Waals surface area contributed by atoms with E-state index < -0.39 is 11.2 Å². The van der Waals surface area contributed by atoms with Crippen LogP contribution in [0.4, 0.5) is 0 Å². The molecular formula is C18H25N5O2S. The van der Waals surface area contributed by atoms with Gasteiger partial charge in [0.05, 0.1) is 0 Å². The van der Waals surface area contributed by atoms with Crippen LogP contribution in [0.3, 0.4) is 0 Å². The molecular weight excluding hydrogens is 350 g/mol. The van der Waals surface area contributed by atoms with E-state index in [0.29, 0.717) is 24.3 Å². The van der Waals surface area contributed by atoms with Gasteiger partial charge in [-0.05, 0) is 57.5 Å². The first-order chi connectivity index (χ1) is 12.3. The number of rotatable bonds is 2. The molecule has 3 rings (SSSR count). The molecule has 8 heteroatoms. The number of nitrogens with one attached hydrogen (secondary N) is 1. The van der Waals surface area contributed by atoms with Crippen LogP contribution < -0.4 is 11.2 Å². The van der Waals surface area contributed by atoms with Crippen molar-refractivity contribution < 1.29 is 9.95 Å². The van der Waals surface area contributed by atoms with Crippen LogP contribution >= 0.6 is 12.2 Å². The molecule has 7 nitrogen and oxygen atoms in total. The first kappa shape index (κ1) is 18.8. The normalized spacial score (nSPS) is 27.7. The molecule has 1 fully saturated rings. The molecule has 1 aliphatic carbocycles. The third-order valence-corrected chi connectivity index (χ3v) is 5.34. The van der Waals surface area contributed by atoms with Crippen molar-refractivity contribution in [3.05, 3.63) is 41.1 Å².